The van der Waals surface area contributed by atoms with E-state index in [1.165, 1.54) is 4.68 Å². The summed E-state index contributed by atoms with van der Waals surface area (Å²) in [6.07, 6.45) is 0. The summed E-state index contributed by atoms with van der Waals surface area (Å²) in [6.45, 7) is 6.47. The Labute approximate surface area is 151 Å². The first kappa shape index (κ1) is 19.2. The Kier molecular flexibility index (Phi) is 6.16. The fourth-order valence-corrected chi connectivity index (χ4v) is 2.44. The van der Waals surface area contributed by atoms with E-state index < -0.39 is 10.8 Å². The second-order valence-electron chi connectivity index (χ2n) is 5.49. The molecule has 1 N–H and O–H groups in total. The van der Waals surface area contributed by atoms with E-state index in [4.69, 9.17) is 9.47 Å². The molecule has 26 heavy (non-hydrogen) atoms. The molecule has 9 nitrogen and oxygen atoms in total. The number of ether oxygens (including phenoxy) is 2. The standard InChI is InChI=1S/C17H22N4O5/c1-5-25-13-8-7-12(9-14(13)26-6-2)10-18-17(22)15-16(21(23)24)11(3)20(4)19-15/h7-9H,5-6,10H2,1-4H3,(H,18,22). The number of hydrogen-bond donors (Lipinski definition) is 1. The summed E-state index contributed by atoms with van der Waals surface area (Å²) in [5, 5.41) is 17.8. The minimum absolute atomic E-state index is 0.179. The summed E-state index contributed by atoms with van der Waals surface area (Å²) in [6, 6.07) is 5.34. The second-order valence-corrected chi connectivity index (χ2v) is 5.49. The van der Waals surface area contributed by atoms with Gasteiger partial charge in [0.25, 0.3) is 5.91 Å². The van der Waals surface area contributed by atoms with Crippen LogP contribution in [0.1, 0.15) is 35.6 Å². The van der Waals surface area contributed by atoms with E-state index in [-0.39, 0.29) is 17.9 Å². The number of aromatic nitrogens is 2. The third-order valence-corrected chi connectivity index (χ3v) is 3.76. The van der Waals surface area contributed by atoms with Crippen LogP contribution < -0.4 is 14.8 Å². The van der Waals surface area contributed by atoms with Crippen molar-refractivity contribution in [1.29, 1.82) is 0 Å². The SMILES string of the molecule is CCOc1ccc(CNC(=O)c2nn(C)c(C)c2[N+](=O)[O-])cc1OCC. The zero-order chi connectivity index (χ0) is 19.3. The van der Waals surface area contributed by atoms with E-state index in [2.05, 4.69) is 10.4 Å². The highest BCUT2D eigenvalue weighted by Gasteiger charge is 2.28. The molecule has 1 heterocycles. The predicted octanol–water partition coefficient (Wildman–Crippen LogP) is 2.36. The summed E-state index contributed by atoms with van der Waals surface area (Å²) in [4.78, 5) is 22.9. The molecular weight excluding hydrogens is 340 g/mol. The number of benzene rings is 1. The largest absolute Gasteiger partial charge is 0.490 e. The lowest BCUT2D eigenvalue weighted by Gasteiger charge is -2.12. The number of aryl methyl sites for hydroxylation is 1. The van der Waals surface area contributed by atoms with Crippen molar-refractivity contribution in [3.8, 4) is 11.5 Å². The Morgan fingerprint density at radius 3 is 2.54 bits per heavy atom. The van der Waals surface area contributed by atoms with Gasteiger partial charge in [0, 0.05) is 13.6 Å². The molecule has 9 heteroatoms. The lowest BCUT2D eigenvalue weighted by molar-refractivity contribution is -0.385. The number of amides is 1. The summed E-state index contributed by atoms with van der Waals surface area (Å²) in [5.41, 5.74) is 0.609. The molecule has 1 amide bonds. The number of rotatable bonds is 8. The molecule has 0 atom stereocenters. The summed E-state index contributed by atoms with van der Waals surface area (Å²) < 4.78 is 12.4. The van der Waals surface area contributed by atoms with Crippen LogP contribution in [0.2, 0.25) is 0 Å². The highest BCUT2D eigenvalue weighted by Crippen LogP contribution is 2.28. The van der Waals surface area contributed by atoms with Gasteiger partial charge in [-0.05, 0) is 38.5 Å². The topological polar surface area (TPSA) is 109 Å². The lowest BCUT2D eigenvalue weighted by atomic mass is 10.2. The summed E-state index contributed by atoms with van der Waals surface area (Å²) >= 11 is 0. The smallest absolute Gasteiger partial charge is 0.322 e. The Hall–Kier alpha value is -3.10. The van der Waals surface area contributed by atoms with E-state index in [9.17, 15) is 14.9 Å². The maximum Gasteiger partial charge on any atom is 0.322 e. The molecule has 0 saturated carbocycles. The molecule has 1 aromatic heterocycles. The molecule has 1 aromatic carbocycles. The van der Waals surface area contributed by atoms with Crippen LogP contribution in [0, 0.1) is 17.0 Å². The maximum absolute atomic E-state index is 12.3. The molecule has 0 aliphatic heterocycles. The molecule has 0 unspecified atom stereocenters. The molecule has 0 aliphatic rings. The van der Waals surface area contributed by atoms with Gasteiger partial charge in [-0.2, -0.15) is 5.10 Å². The minimum Gasteiger partial charge on any atom is -0.490 e. The first-order chi connectivity index (χ1) is 12.4. The normalized spacial score (nSPS) is 10.5. The number of nitrogens with one attached hydrogen (secondary N) is 1. The van der Waals surface area contributed by atoms with E-state index in [1.807, 2.05) is 13.8 Å². The monoisotopic (exact) mass is 362 g/mol. The molecule has 0 bridgehead atoms. The number of nitro groups is 1. The predicted molar refractivity (Wildman–Crippen MR) is 94.5 cm³/mol. The van der Waals surface area contributed by atoms with Gasteiger partial charge in [-0.15, -0.1) is 0 Å². The average Bonchev–Trinajstić information content (AvgIpc) is 2.90. The van der Waals surface area contributed by atoms with Crippen LogP contribution in [0.5, 0.6) is 11.5 Å². The third kappa shape index (κ3) is 4.11. The zero-order valence-electron chi connectivity index (χ0n) is 15.2. The summed E-state index contributed by atoms with van der Waals surface area (Å²) in [5.74, 6) is 0.605. The van der Waals surface area contributed by atoms with E-state index in [0.717, 1.165) is 5.56 Å². The highest BCUT2D eigenvalue weighted by molar-refractivity contribution is 5.96. The van der Waals surface area contributed by atoms with Crippen LogP contribution in [0.25, 0.3) is 0 Å². The van der Waals surface area contributed by atoms with Crippen molar-refractivity contribution in [2.45, 2.75) is 27.3 Å². The van der Waals surface area contributed by atoms with Gasteiger partial charge in [-0.3, -0.25) is 19.6 Å². The van der Waals surface area contributed by atoms with Gasteiger partial charge < -0.3 is 14.8 Å². The maximum atomic E-state index is 12.3. The molecule has 0 spiro atoms. The average molecular weight is 362 g/mol. The first-order valence-electron chi connectivity index (χ1n) is 8.23. The second kappa shape index (κ2) is 8.32. The Bertz CT molecular complexity index is 816. The quantitative estimate of drug-likeness (QED) is 0.570. The van der Waals surface area contributed by atoms with Crippen LogP contribution in [0.15, 0.2) is 18.2 Å². The fraction of sp³-hybridized carbons (Fsp3) is 0.412. The third-order valence-electron chi connectivity index (χ3n) is 3.76. The first-order valence-corrected chi connectivity index (χ1v) is 8.23. The van der Waals surface area contributed by atoms with Crippen LogP contribution in [-0.2, 0) is 13.6 Å². The van der Waals surface area contributed by atoms with Gasteiger partial charge in [0.2, 0.25) is 5.69 Å². The number of nitrogens with zero attached hydrogens (tertiary/aromatic N) is 3. The van der Waals surface area contributed by atoms with Crippen molar-refractivity contribution in [2.24, 2.45) is 7.05 Å². The van der Waals surface area contributed by atoms with Gasteiger partial charge in [0.15, 0.2) is 11.5 Å². The van der Waals surface area contributed by atoms with E-state index in [1.54, 1.807) is 32.2 Å². The van der Waals surface area contributed by atoms with Crippen molar-refractivity contribution < 1.29 is 19.2 Å². The van der Waals surface area contributed by atoms with Crippen molar-refractivity contribution >= 4 is 11.6 Å². The Morgan fingerprint density at radius 1 is 1.27 bits per heavy atom. The number of carbonyl (C=O) groups excluding carboxylic acids is 1. The number of carbonyl (C=O) groups is 1. The fourth-order valence-electron chi connectivity index (χ4n) is 2.44. The van der Waals surface area contributed by atoms with Crippen molar-refractivity contribution in [3.63, 3.8) is 0 Å². The van der Waals surface area contributed by atoms with Crippen LogP contribution in [0.3, 0.4) is 0 Å². The molecule has 140 valence electrons. The molecule has 2 rings (SSSR count). The van der Waals surface area contributed by atoms with Gasteiger partial charge in [0.05, 0.1) is 18.1 Å². The molecular formula is C17H22N4O5. The molecule has 0 saturated heterocycles. The summed E-state index contributed by atoms with van der Waals surface area (Å²) in [7, 11) is 1.56. The van der Waals surface area contributed by atoms with Crippen molar-refractivity contribution in [2.75, 3.05) is 13.2 Å². The Morgan fingerprint density at radius 2 is 1.92 bits per heavy atom. The van der Waals surface area contributed by atoms with Gasteiger partial charge in [-0.25, -0.2) is 0 Å². The minimum atomic E-state index is -0.604. The van der Waals surface area contributed by atoms with Crippen LogP contribution >= 0.6 is 0 Å². The van der Waals surface area contributed by atoms with Crippen molar-refractivity contribution in [1.82, 2.24) is 15.1 Å². The highest BCUT2D eigenvalue weighted by atomic mass is 16.6. The van der Waals surface area contributed by atoms with Gasteiger partial charge in [-0.1, -0.05) is 6.07 Å². The molecule has 0 fully saturated rings. The van der Waals surface area contributed by atoms with Crippen molar-refractivity contribution in [3.05, 3.63) is 45.3 Å². The van der Waals surface area contributed by atoms with E-state index in [0.29, 0.717) is 30.4 Å². The van der Waals surface area contributed by atoms with Crippen LogP contribution in [-0.4, -0.2) is 33.8 Å². The molecule has 0 radical (unpaired) electrons. The Balaban J connectivity index is 2.16. The molecule has 2 aromatic rings. The van der Waals surface area contributed by atoms with Gasteiger partial charge in [0.1, 0.15) is 5.69 Å². The number of hydrogen-bond acceptors (Lipinski definition) is 6. The lowest BCUT2D eigenvalue weighted by Crippen LogP contribution is -2.24. The van der Waals surface area contributed by atoms with Crippen LogP contribution in [0.4, 0.5) is 5.69 Å². The van der Waals surface area contributed by atoms with E-state index >= 15 is 0 Å². The molecule has 0 aliphatic carbocycles. The van der Waals surface area contributed by atoms with Gasteiger partial charge >= 0.3 is 5.69 Å². The zero-order valence-corrected chi connectivity index (χ0v) is 15.2.